The number of carbonyl (C=O) groups is 2. The second-order valence-corrected chi connectivity index (χ2v) is 10.0. The predicted octanol–water partition coefficient (Wildman–Crippen LogP) is 3.14. The SMILES string of the molecule is CCCNc1nc(Nc2ccc3c(cnn3C)c2)ncc1C#CCCCNC(=O)[C@H](C)N(C)C(=O)/C=C/CN(C)C. The van der Waals surface area contributed by atoms with Crippen LogP contribution in [0.15, 0.2) is 42.7 Å². The van der Waals surface area contributed by atoms with Gasteiger partial charge in [-0.25, -0.2) is 4.98 Å². The number of fused-ring (bicyclic) bond motifs is 1. The van der Waals surface area contributed by atoms with E-state index < -0.39 is 6.04 Å². The van der Waals surface area contributed by atoms with Crippen LogP contribution in [0, 0.1) is 11.8 Å². The van der Waals surface area contributed by atoms with Crippen LogP contribution in [0.2, 0.25) is 0 Å². The first kappa shape index (κ1) is 31.1. The number of benzene rings is 1. The first-order valence-corrected chi connectivity index (χ1v) is 13.8. The van der Waals surface area contributed by atoms with Crippen molar-refractivity contribution in [3.05, 3.63) is 48.3 Å². The van der Waals surface area contributed by atoms with Gasteiger partial charge in [0, 0.05) is 57.3 Å². The predicted molar refractivity (Wildman–Crippen MR) is 164 cm³/mol. The number of hydrogen-bond acceptors (Lipinski definition) is 8. The van der Waals surface area contributed by atoms with Gasteiger partial charge in [0.1, 0.15) is 11.9 Å². The smallest absolute Gasteiger partial charge is 0.246 e. The molecule has 0 saturated heterocycles. The highest BCUT2D eigenvalue weighted by Gasteiger charge is 2.20. The number of hydrogen-bond donors (Lipinski definition) is 3. The number of anilines is 3. The van der Waals surface area contributed by atoms with Gasteiger partial charge in [-0.1, -0.05) is 24.8 Å². The molecule has 0 radical (unpaired) electrons. The first-order chi connectivity index (χ1) is 19.7. The second kappa shape index (κ2) is 15.4. The third kappa shape index (κ3) is 9.32. The van der Waals surface area contributed by atoms with Gasteiger partial charge in [-0.2, -0.15) is 10.1 Å². The van der Waals surface area contributed by atoms with E-state index in [0.29, 0.717) is 43.3 Å². The third-order valence-corrected chi connectivity index (χ3v) is 6.37. The molecule has 2 aromatic heterocycles. The normalized spacial score (nSPS) is 11.8. The number of aromatic nitrogens is 4. The van der Waals surface area contributed by atoms with Gasteiger partial charge in [-0.15, -0.1) is 0 Å². The van der Waals surface area contributed by atoms with Crippen LogP contribution in [0.3, 0.4) is 0 Å². The van der Waals surface area contributed by atoms with Crippen molar-refractivity contribution in [1.29, 1.82) is 0 Å². The fourth-order valence-electron chi connectivity index (χ4n) is 3.82. The van der Waals surface area contributed by atoms with Crippen LogP contribution in [0.5, 0.6) is 0 Å². The molecule has 11 heteroatoms. The maximum absolute atomic E-state index is 12.5. The second-order valence-electron chi connectivity index (χ2n) is 10.0. The summed E-state index contributed by atoms with van der Waals surface area (Å²) in [4.78, 5) is 37.3. The number of amides is 2. The number of nitrogens with zero attached hydrogens (tertiary/aromatic N) is 6. The molecule has 3 aromatic rings. The van der Waals surface area contributed by atoms with Gasteiger partial charge in [0.2, 0.25) is 17.8 Å². The lowest BCUT2D eigenvalue weighted by atomic mass is 10.2. The van der Waals surface area contributed by atoms with Crippen LogP contribution in [0.1, 0.15) is 38.7 Å². The summed E-state index contributed by atoms with van der Waals surface area (Å²) in [5.41, 5.74) is 2.64. The van der Waals surface area contributed by atoms with E-state index in [1.54, 1.807) is 26.2 Å². The van der Waals surface area contributed by atoms with Crippen molar-refractivity contribution in [3.8, 4) is 11.8 Å². The summed E-state index contributed by atoms with van der Waals surface area (Å²) in [6.45, 7) is 5.70. The van der Waals surface area contributed by atoms with Crippen molar-refractivity contribution in [1.82, 2.24) is 34.9 Å². The van der Waals surface area contributed by atoms with Crippen LogP contribution in [0.25, 0.3) is 10.9 Å². The molecule has 0 unspecified atom stereocenters. The maximum Gasteiger partial charge on any atom is 0.246 e. The van der Waals surface area contributed by atoms with Crippen molar-refractivity contribution in [2.45, 2.75) is 39.2 Å². The number of carbonyl (C=O) groups excluding carboxylic acids is 2. The van der Waals surface area contributed by atoms with Gasteiger partial charge >= 0.3 is 0 Å². The van der Waals surface area contributed by atoms with Gasteiger partial charge < -0.3 is 25.8 Å². The largest absolute Gasteiger partial charge is 0.369 e. The molecule has 0 aliphatic carbocycles. The summed E-state index contributed by atoms with van der Waals surface area (Å²) in [6, 6.07) is 5.42. The molecule has 41 heavy (non-hydrogen) atoms. The molecule has 0 bridgehead atoms. The molecule has 3 N–H and O–H groups in total. The Labute approximate surface area is 242 Å². The van der Waals surface area contributed by atoms with Gasteiger partial charge in [0.15, 0.2) is 0 Å². The summed E-state index contributed by atoms with van der Waals surface area (Å²) >= 11 is 0. The average molecular weight is 560 g/mol. The molecule has 0 saturated carbocycles. The zero-order valence-electron chi connectivity index (χ0n) is 24.9. The fraction of sp³-hybridized carbons (Fsp3) is 0.433. The van der Waals surface area contributed by atoms with E-state index in [1.807, 2.05) is 55.1 Å². The minimum atomic E-state index is -0.569. The van der Waals surface area contributed by atoms with Crippen LogP contribution in [-0.4, -0.2) is 88.2 Å². The number of unbranched alkanes of at least 4 members (excludes halogenated alkanes) is 1. The summed E-state index contributed by atoms with van der Waals surface area (Å²) in [5, 5.41) is 14.8. The average Bonchev–Trinajstić information content (AvgIpc) is 3.32. The zero-order chi connectivity index (χ0) is 29.8. The molecule has 3 rings (SSSR count). The molecule has 0 aliphatic heterocycles. The Morgan fingerprint density at radius 1 is 1.17 bits per heavy atom. The van der Waals surface area contributed by atoms with E-state index in [0.717, 1.165) is 29.6 Å². The van der Waals surface area contributed by atoms with Gasteiger partial charge in [-0.05, 0) is 52.1 Å². The minimum Gasteiger partial charge on any atom is -0.369 e. The summed E-state index contributed by atoms with van der Waals surface area (Å²) in [5.74, 6) is 7.07. The van der Waals surface area contributed by atoms with Crippen molar-refractivity contribution in [2.75, 3.05) is 51.4 Å². The van der Waals surface area contributed by atoms with Crippen molar-refractivity contribution < 1.29 is 9.59 Å². The van der Waals surface area contributed by atoms with Crippen molar-refractivity contribution in [3.63, 3.8) is 0 Å². The lowest BCUT2D eigenvalue weighted by Gasteiger charge is -2.23. The Hall–Kier alpha value is -4.43. The lowest BCUT2D eigenvalue weighted by molar-refractivity contribution is -0.135. The summed E-state index contributed by atoms with van der Waals surface area (Å²) in [7, 11) is 7.39. The van der Waals surface area contributed by atoms with E-state index in [1.165, 1.54) is 11.0 Å². The highest BCUT2D eigenvalue weighted by molar-refractivity contribution is 5.92. The lowest BCUT2D eigenvalue weighted by Crippen LogP contribution is -2.45. The highest BCUT2D eigenvalue weighted by Crippen LogP contribution is 2.22. The Balaban J connectivity index is 1.52. The van der Waals surface area contributed by atoms with E-state index in [-0.39, 0.29) is 11.8 Å². The Kier molecular flexibility index (Phi) is 11.7. The molecular weight excluding hydrogens is 518 g/mol. The standard InChI is InChI=1S/C30H41N9O2/c1-7-16-31-28-23(20-33-30(36-28)35-25-14-15-26-24(19-25)21-34-39(26)6)12-9-8-10-17-32-29(41)22(2)38(5)27(40)13-11-18-37(3)4/h11,13-15,19-22H,7-8,10,16-18H2,1-6H3,(H,32,41)(H2,31,33,35,36)/b13-11+/t22-/m0/s1. The molecule has 0 fully saturated rings. The van der Waals surface area contributed by atoms with Crippen LogP contribution < -0.4 is 16.0 Å². The van der Waals surface area contributed by atoms with Crippen LogP contribution in [0.4, 0.5) is 17.5 Å². The molecule has 218 valence electrons. The molecule has 1 aromatic carbocycles. The molecule has 2 amide bonds. The molecule has 11 nitrogen and oxygen atoms in total. The molecule has 0 spiro atoms. The summed E-state index contributed by atoms with van der Waals surface area (Å²) in [6.07, 6.45) is 9.04. The monoisotopic (exact) mass is 559 g/mol. The Morgan fingerprint density at radius 2 is 1.98 bits per heavy atom. The Bertz CT molecular complexity index is 1420. The molecule has 0 aliphatic rings. The molecule has 1 atom stereocenters. The van der Waals surface area contributed by atoms with E-state index >= 15 is 0 Å². The highest BCUT2D eigenvalue weighted by atomic mass is 16.2. The fourth-order valence-corrected chi connectivity index (χ4v) is 3.82. The number of aryl methyl sites for hydroxylation is 1. The zero-order valence-corrected chi connectivity index (χ0v) is 24.9. The number of nitrogens with one attached hydrogen (secondary N) is 3. The van der Waals surface area contributed by atoms with Crippen molar-refractivity contribution >= 4 is 40.2 Å². The third-order valence-electron chi connectivity index (χ3n) is 6.37. The van der Waals surface area contributed by atoms with Gasteiger partial charge in [0.25, 0.3) is 0 Å². The quantitative estimate of drug-likeness (QED) is 0.166. The van der Waals surface area contributed by atoms with E-state index in [9.17, 15) is 9.59 Å². The Morgan fingerprint density at radius 3 is 2.73 bits per heavy atom. The molecular formula is C30H41N9O2. The molecule has 2 heterocycles. The van der Waals surface area contributed by atoms with Crippen LogP contribution in [-0.2, 0) is 16.6 Å². The van der Waals surface area contributed by atoms with Crippen LogP contribution >= 0.6 is 0 Å². The number of likely N-dealkylation sites (N-methyl/N-ethyl adjacent to an activating group) is 2. The van der Waals surface area contributed by atoms with E-state index in [2.05, 4.69) is 49.8 Å². The maximum atomic E-state index is 12.5. The first-order valence-electron chi connectivity index (χ1n) is 13.8. The van der Waals surface area contributed by atoms with Gasteiger partial charge in [0.05, 0.1) is 23.5 Å². The topological polar surface area (TPSA) is 120 Å². The van der Waals surface area contributed by atoms with Gasteiger partial charge in [-0.3, -0.25) is 14.3 Å². The van der Waals surface area contributed by atoms with Crippen molar-refractivity contribution in [2.24, 2.45) is 7.05 Å². The summed E-state index contributed by atoms with van der Waals surface area (Å²) < 4.78 is 1.83. The minimum absolute atomic E-state index is 0.194. The number of rotatable bonds is 13. The van der Waals surface area contributed by atoms with E-state index in [4.69, 9.17) is 0 Å².